The maximum Gasteiger partial charge on any atom is 0.121 e. The zero-order valence-electron chi connectivity index (χ0n) is 35.7. The summed E-state index contributed by atoms with van der Waals surface area (Å²) in [6.07, 6.45) is 0. The molecule has 0 saturated heterocycles. The quantitative estimate of drug-likeness (QED) is 0.166. The van der Waals surface area contributed by atoms with Crippen LogP contribution >= 0.6 is 11.8 Å². The summed E-state index contributed by atoms with van der Waals surface area (Å²) in [5, 5.41) is 22.7. The molecule has 7 heteroatoms. The molecule has 6 nitrogen and oxygen atoms in total. The van der Waals surface area contributed by atoms with Crippen LogP contribution in [0.15, 0.2) is 143 Å². The van der Waals surface area contributed by atoms with Crippen molar-refractivity contribution in [3.05, 3.63) is 156 Å². The van der Waals surface area contributed by atoms with Crippen molar-refractivity contribution in [2.75, 3.05) is 19.1 Å². The van der Waals surface area contributed by atoms with E-state index < -0.39 is 0 Å². The Bertz CT molecular complexity index is 3030. The molecule has 1 aliphatic rings. The number of hydrogen-bond donors (Lipinski definition) is 0. The van der Waals surface area contributed by atoms with Gasteiger partial charge >= 0.3 is 0 Å². The smallest absolute Gasteiger partial charge is 0.121 e. The number of nitriles is 2. The van der Waals surface area contributed by atoms with Gasteiger partial charge in [-0.15, -0.1) is 0 Å². The third-order valence-corrected chi connectivity index (χ3v) is 12.9. The number of nitrogens with zero attached hydrogens (tertiary/aromatic N) is 4. The summed E-state index contributed by atoms with van der Waals surface area (Å²) in [5.41, 5.74) is 13.0. The van der Waals surface area contributed by atoms with Crippen LogP contribution in [0.5, 0.6) is 11.5 Å². The average Bonchev–Trinajstić information content (AvgIpc) is 3.60. The van der Waals surface area contributed by atoms with Crippen LogP contribution in [-0.2, 0) is 10.8 Å². The first-order valence-corrected chi connectivity index (χ1v) is 21.2. The van der Waals surface area contributed by atoms with Crippen molar-refractivity contribution in [2.45, 2.75) is 62.2 Å². The molecule has 0 saturated carbocycles. The van der Waals surface area contributed by atoms with Crippen molar-refractivity contribution in [3.8, 4) is 51.6 Å². The van der Waals surface area contributed by atoms with Gasteiger partial charge < -0.3 is 18.9 Å². The van der Waals surface area contributed by atoms with Gasteiger partial charge in [0.25, 0.3) is 0 Å². The molecule has 61 heavy (non-hydrogen) atoms. The molecule has 0 aliphatic carbocycles. The lowest BCUT2D eigenvalue weighted by atomic mass is 9.86. The van der Waals surface area contributed by atoms with Crippen LogP contribution in [0.25, 0.3) is 49.7 Å². The van der Waals surface area contributed by atoms with Crippen LogP contribution in [0.1, 0.15) is 63.8 Å². The molecule has 7 aromatic carbocycles. The number of hydrogen-bond acceptors (Lipinski definition) is 6. The van der Waals surface area contributed by atoms with Gasteiger partial charge in [0.15, 0.2) is 0 Å². The minimum Gasteiger partial charge on any atom is -0.497 e. The Balaban J connectivity index is 1.50. The predicted octanol–water partition coefficient (Wildman–Crippen LogP) is 14.4. The highest BCUT2D eigenvalue weighted by molar-refractivity contribution is 7.99. The van der Waals surface area contributed by atoms with Gasteiger partial charge in [-0.1, -0.05) is 102 Å². The molecule has 0 atom stereocenters. The van der Waals surface area contributed by atoms with E-state index in [1.54, 1.807) is 26.0 Å². The van der Waals surface area contributed by atoms with Crippen molar-refractivity contribution in [3.63, 3.8) is 0 Å². The number of ether oxygens (including phenoxy) is 2. The van der Waals surface area contributed by atoms with Crippen LogP contribution in [0.2, 0.25) is 0 Å². The standard InChI is InChI=1S/C54H46N4O2S/c1-53(2,3)37-15-19-41-42-20-16-38(54(4,5)6)26-46(42)57(45(41)25-37)47-30-48(58-49-27-39(59-7)17-21-51(49)61-52-22-18-40(60-8)28-50(52)58)44(36-14-10-12-34(24-36)32-56)29-43(47)35-13-9-11-33(23-35)31-55/h9-30H,1-8H3. The number of benzene rings is 7. The molecule has 0 spiro atoms. The minimum absolute atomic E-state index is 0.103. The normalized spacial score (nSPS) is 12.5. The van der Waals surface area contributed by atoms with Gasteiger partial charge in [-0.25, -0.2) is 0 Å². The van der Waals surface area contributed by atoms with E-state index in [9.17, 15) is 10.5 Å². The predicted molar refractivity (Wildman–Crippen MR) is 250 cm³/mol. The minimum atomic E-state index is -0.103. The fraction of sp³-hybridized carbons (Fsp3) is 0.185. The van der Waals surface area contributed by atoms with Crippen LogP contribution < -0.4 is 14.4 Å². The van der Waals surface area contributed by atoms with E-state index in [0.717, 1.165) is 88.1 Å². The van der Waals surface area contributed by atoms with Gasteiger partial charge in [-0.2, -0.15) is 10.5 Å². The molecule has 0 fully saturated rings. The number of rotatable bonds is 6. The van der Waals surface area contributed by atoms with Crippen LogP contribution in [0.3, 0.4) is 0 Å². The van der Waals surface area contributed by atoms with Gasteiger partial charge in [0.05, 0.1) is 71.3 Å². The third kappa shape index (κ3) is 6.96. The number of methoxy groups -OCH3 is 2. The highest BCUT2D eigenvalue weighted by Crippen LogP contribution is 2.56. The highest BCUT2D eigenvalue weighted by atomic mass is 32.2. The summed E-state index contributed by atoms with van der Waals surface area (Å²) in [5.74, 6) is 1.47. The molecular weight excluding hydrogens is 769 g/mol. The maximum atomic E-state index is 10.2. The first kappa shape index (κ1) is 39.5. The zero-order valence-corrected chi connectivity index (χ0v) is 36.5. The SMILES string of the molecule is COc1ccc2c(c1)N(c1cc(-n3c4cc(C(C)(C)C)ccc4c4ccc(C(C)(C)C)cc43)c(-c3cccc(C#N)c3)cc1-c1cccc(C#N)c1)c1cc(OC)ccc1S2. The van der Waals surface area contributed by atoms with Crippen molar-refractivity contribution in [1.82, 2.24) is 4.57 Å². The lowest BCUT2D eigenvalue weighted by Crippen LogP contribution is -2.17. The Kier molecular flexibility index (Phi) is 9.69. The van der Waals surface area contributed by atoms with Gasteiger partial charge in [0, 0.05) is 43.8 Å². The molecule has 1 aliphatic heterocycles. The molecule has 0 N–H and O–H groups in total. The maximum absolute atomic E-state index is 10.2. The van der Waals surface area contributed by atoms with E-state index in [-0.39, 0.29) is 10.8 Å². The molecule has 8 aromatic rings. The molecular formula is C54H46N4O2S. The molecule has 300 valence electrons. The molecule has 2 heterocycles. The van der Waals surface area contributed by atoms with E-state index in [1.165, 1.54) is 11.1 Å². The van der Waals surface area contributed by atoms with Crippen molar-refractivity contribution < 1.29 is 9.47 Å². The lowest BCUT2D eigenvalue weighted by molar-refractivity contribution is 0.414. The molecule has 0 amide bonds. The molecule has 1 aromatic heterocycles. The molecule has 0 unspecified atom stereocenters. The van der Waals surface area contributed by atoms with Gasteiger partial charge in [-0.3, -0.25) is 0 Å². The summed E-state index contributed by atoms with van der Waals surface area (Å²) in [6, 6.07) is 51.2. The largest absolute Gasteiger partial charge is 0.497 e. The Morgan fingerprint density at radius 3 is 1.41 bits per heavy atom. The summed E-state index contributed by atoms with van der Waals surface area (Å²) in [6.45, 7) is 13.5. The Hall–Kier alpha value is -6.93. The molecule has 9 rings (SSSR count). The van der Waals surface area contributed by atoms with E-state index in [0.29, 0.717) is 11.1 Å². The van der Waals surface area contributed by atoms with Gasteiger partial charge in [-0.05, 0) is 106 Å². The van der Waals surface area contributed by atoms with Crippen LogP contribution in [-0.4, -0.2) is 18.8 Å². The Morgan fingerprint density at radius 1 is 0.492 bits per heavy atom. The topological polar surface area (TPSA) is 74.2 Å². The van der Waals surface area contributed by atoms with Crippen LogP contribution in [0, 0.1) is 22.7 Å². The Morgan fingerprint density at radius 2 is 0.967 bits per heavy atom. The van der Waals surface area contributed by atoms with Gasteiger partial charge in [0.1, 0.15) is 11.5 Å². The summed E-state index contributed by atoms with van der Waals surface area (Å²) < 4.78 is 14.2. The van der Waals surface area contributed by atoms with E-state index >= 15 is 0 Å². The highest BCUT2D eigenvalue weighted by Gasteiger charge is 2.31. The number of aromatic nitrogens is 1. The summed E-state index contributed by atoms with van der Waals surface area (Å²) in [4.78, 5) is 4.46. The van der Waals surface area contributed by atoms with Gasteiger partial charge in [0.2, 0.25) is 0 Å². The number of anilines is 3. The lowest BCUT2D eigenvalue weighted by Gasteiger charge is -2.35. The second-order valence-corrected chi connectivity index (χ2v) is 18.8. The van der Waals surface area contributed by atoms with Crippen molar-refractivity contribution >= 4 is 50.6 Å². The summed E-state index contributed by atoms with van der Waals surface area (Å²) in [7, 11) is 3.39. The van der Waals surface area contributed by atoms with E-state index in [1.807, 2.05) is 48.5 Å². The average molecular weight is 815 g/mol. The zero-order chi connectivity index (χ0) is 42.8. The molecule has 0 radical (unpaired) electrons. The third-order valence-electron chi connectivity index (χ3n) is 11.7. The second-order valence-electron chi connectivity index (χ2n) is 17.7. The first-order chi connectivity index (χ1) is 29.3. The fourth-order valence-electron chi connectivity index (χ4n) is 8.41. The van der Waals surface area contributed by atoms with E-state index in [4.69, 9.17) is 9.47 Å². The van der Waals surface area contributed by atoms with Crippen molar-refractivity contribution in [1.29, 1.82) is 10.5 Å². The molecule has 0 bridgehead atoms. The van der Waals surface area contributed by atoms with E-state index in [2.05, 4.69) is 148 Å². The number of fused-ring (bicyclic) bond motifs is 5. The van der Waals surface area contributed by atoms with Crippen molar-refractivity contribution in [2.24, 2.45) is 0 Å². The van der Waals surface area contributed by atoms with Crippen LogP contribution in [0.4, 0.5) is 17.1 Å². The summed E-state index contributed by atoms with van der Waals surface area (Å²) >= 11 is 1.71. The monoisotopic (exact) mass is 814 g/mol. The first-order valence-electron chi connectivity index (χ1n) is 20.4. The second kappa shape index (κ2) is 15.0. The fourth-order valence-corrected chi connectivity index (χ4v) is 9.43. The Labute approximate surface area is 362 Å².